The minimum absolute atomic E-state index is 0.00897. The second-order valence-electron chi connectivity index (χ2n) is 14.2. The predicted molar refractivity (Wildman–Crippen MR) is 206 cm³/mol. The highest BCUT2D eigenvalue weighted by Crippen LogP contribution is 2.20. The van der Waals surface area contributed by atoms with Crippen LogP contribution in [0, 0.1) is 0 Å². The minimum Gasteiger partial charge on any atom is -0.444 e. The van der Waals surface area contributed by atoms with E-state index in [1.54, 1.807) is 30.1 Å². The van der Waals surface area contributed by atoms with Crippen LogP contribution in [-0.4, -0.2) is 70.3 Å². The first-order valence-corrected chi connectivity index (χ1v) is 19.4. The van der Waals surface area contributed by atoms with Crippen molar-refractivity contribution in [2.75, 3.05) is 13.7 Å². The Morgan fingerprint density at radius 3 is 2.02 bits per heavy atom. The molecule has 4 aromatic rings. The third-order valence-corrected chi connectivity index (χ3v) is 10.1. The molecule has 0 saturated carbocycles. The fourth-order valence-electron chi connectivity index (χ4n) is 5.36. The van der Waals surface area contributed by atoms with Gasteiger partial charge in [0.2, 0.25) is 5.91 Å². The number of rotatable bonds is 18. The molecule has 0 fully saturated rings. The lowest BCUT2D eigenvalue weighted by Crippen LogP contribution is -2.55. The van der Waals surface area contributed by atoms with E-state index < -0.39 is 23.8 Å². The molecule has 0 aliphatic heterocycles. The zero-order valence-electron chi connectivity index (χ0n) is 31.0. The smallest absolute Gasteiger partial charge is 0.407 e. The van der Waals surface area contributed by atoms with Crippen LogP contribution in [0.25, 0.3) is 0 Å². The standard InChI is InChI=1S/C39H52N6O5S2/c1-27(2)36-42-32(25-51-36)22-45(6)37(47)44-34(24-50-39(3,4)5)35(46)41-30(19-28-13-9-7-10-14-28)17-18-31(20-29-15-11-8-12-16-29)43-38(48)49-23-33-21-40-26-52-33/h7-16,21,25-27,30-31,34H,17-20,22-24H2,1-6H3,(H,41,46)(H,43,48)(H,44,47)/t30-,31-,34-/m0/s1. The molecular formula is C39H52N6O5S2. The van der Waals surface area contributed by atoms with E-state index >= 15 is 0 Å². The van der Waals surface area contributed by atoms with Crippen LogP contribution in [0.2, 0.25) is 0 Å². The SMILES string of the molecule is CC(C)c1nc(CN(C)C(=O)N[C@@H](COC(C)(C)C)C(=O)N[C@@H](CC[C@@H](Cc2ccccc2)NC(=O)OCc2cncs2)Cc2ccccc2)cs1. The highest BCUT2D eigenvalue weighted by molar-refractivity contribution is 7.09. The third kappa shape index (κ3) is 14.4. The molecule has 4 rings (SSSR count). The van der Waals surface area contributed by atoms with E-state index in [2.05, 4.69) is 39.8 Å². The fraction of sp³-hybridized carbons (Fsp3) is 0.462. The van der Waals surface area contributed by atoms with Crippen molar-refractivity contribution in [3.63, 3.8) is 0 Å². The molecule has 0 radical (unpaired) electrons. The Morgan fingerprint density at radius 2 is 1.48 bits per heavy atom. The monoisotopic (exact) mass is 748 g/mol. The molecule has 11 nitrogen and oxygen atoms in total. The summed E-state index contributed by atoms with van der Waals surface area (Å²) < 4.78 is 11.5. The van der Waals surface area contributed by atoms with Crippen molar-refractivity contribution in [3.8, 4) is 0 Å². The summed E-state index contributed by atoms with van der Waals surface area (Å²) in [5.41, 5.74) is 4.09. The van der Waals surface area contributed by atoms with Gasteiger partial charge in [-0.1, -0.05) is 74.5 Å². The number of ether oxygens (including phenoxy) is 2. The highest BCUT2D eigenvalue weighted by atomic mass is 32.1. The van der Waals surface area contributed by atoms with Gasteiger partial charge in [-0.25, -0.2) is 14.6 Å². The zero-order chi connectivity index (χ0) is 37.5. The normalized spacial score (nSPS) is 13.2. The summed E-state index contributed by atoms with van der Waals surface area (Å²) in [4.78, 5) is 51.4. The molecule has 0 spiro atoms. The van der Waals surface area contributed by atoms with E-state index in [1.807, 2.05) is 86.8 Å². The number of hydrogen-bond donors (Lipinski definition) is 3. The Morgan fingerprint density at radius 1 is 0.865 bits per heavy atom. The van der Waals surface area contributed by atoms with Crippen LogP contribution in [0.5, 0.6) is 0 Å². The van der Waals surface area contributed by atoms with E-state index in [-0.39, 0.29) is 31.2 Å². The number of carbonyl (C=O) groups excluding carboxylic acids is 3. The average molecular weight is 749 g/mol. The first kappa shape index (κ1) is 40.4. The van der Waals surface area contributed by atoms with Gasteiger partial charge < -0.3 is 30.3 Å². The lowest BCUT2D eigenvalue weighted by atomic mass is 9.96. The van der Waals surface area contributed by atoms with Crippen LogP contribution in [-0.2, 0) is 40.3 Å². The predicted octanol–water partition coefficient (Wildman–Crippen LogP) is 7.09. The number of carbonyl (C=O) groups is 3. The molecule has 0 bridgehead atoms. The largest absolute Gasteiger partial charge is 0.444 e. The molecule has 3 atom stereocenters. The molecule has 0 aliphatic rings. The summed E-state index contributed by atoms with van der Waals surface area (Å²) in [6.45, 7) is 10.3. The van der Waals surface area contributed by atoms with Crippen molar-refractivity contribution in [1.29, 1.82) is 0 Å². The summed E-state index contributed by atoms with van der Waals surface area (Å²) in [6.07, 6.45) is 3.43. The van der Waals surface area contributed by atoms with E-state index in [1.165, 1.54) is 16.2 Å². The number of nitrogens with one attached hydrogen (secondary N) is 3. The van der Waals surface area contributed by atoms with Gasteiger partial charge in [-0.05, 0) is 57.6 Å². The summed E-state index contributed by atoms with van der Waals surface area (Å²) in [6, 6.07) is 18.0. The molecule has 2 aromatic carbocycles. The molecule has 52 heavy (non-hydrogen) atoms. The van der Waals surface area contributed by atoms with Crippen molar-refractivity contribution in [2.45, 2.75) is 103 Å². The number of alkyl carbamates (subject to hydrolysis) is 1. The molecule has 0 unspecified atom stereocenters. The molecule has 2 heterocycles. The van der Waals surface area contributed by atoms with E-state index in [0.29, 0.717) is 38.1 Å². The number of hydrogen-bond acceptors (Lipinski definition) is 9. The molecule has 0 saturated heterocycles. The lowest BCUT2D eigenvalue weighted by Gasteiger charge is -2.29. The van der Waals surface area contributed by atoms with Crippen molar-refractivity contribution in [1.82, 2.24) is 30.8 Å². The number of urea groups is 1. The fourth-order valence-corrected chi connectivity index (χ4v) is 6.69. The Labute approximate surface area is 315 Å². The maximum atomic E-state index is 14.0. The maximum Gasteiger partial charge on any atom is 0.407 e. The van der Waals surface area contributed by atoms with Crippen LogP contribution in [0.3, 0.4) is 0 Å². The van der Waals surface area contributed by atoms with Crippen LogP contribution in [0.1, 0.15) is 80.1 Å². The molecule has 13 heteroatoms. The van der Waals surface area contributed by atoms with Gasteiger partial charge in [0.1, 0.15) is 12.6 Å². The summed E-state index contributed by atoms with van der Waals surface area (Å²) in [5, 5.41) is 12.1. The number of benzene rings is 2. The zero-order valence-corrected chi connectivity index (χ0v) is 32.6. The first-order chi connectivity index (χ1) is 24.8. The van der Waals surface area contributed by atoms with E-state index in [9.17, 15) is 14.4 Å². The molecule has 0 aliphatic carbocycles. The highest BCUT2D eigenvalue weighted by Gasteiger charge is 2.28. The summed E-state index contributed by atoms with van der Waals surface area (Å²) in [5.74, 6) is -0.0454. The van der Waals surface area contributed by atoms with Crippen LogP contribution in [0.4, 0.5) is 9.59 Å². The topological polar surface area (TPSA) is 135 Å². The number of aromatic nitrogens is 2. The first-order valence-electron chi connectivity index (χ1n) is 17.6. The van der Waals surface area contributed by atoms with Crippen molar-refractivity contribution in [2.24, 2.45) is 0 Å². The number of thiazole rings is 2. The maximum absolute atomic E-state index is 14.0. The van der Waals surface area contributed by atoms with Gasteiger partial charge >= 0.3 is 12.1 Å². The lowest BCUT2D eigenvalue weighted by molar-refractivity contribution is -0.126. The van der Waals surface area contributed by atoms with Gasteiger partial charge in [0.05, 0.1) is 39.8 Å². The molecule has 280 valence electrons. The van der Waals surface area contributed by atoms with Gasteiger partial charge in [-0.2, -0.15) is 0 Å². The summed E-state index contributed by atoms with van der Waals surface area (Å²) >= 11 is 3.00. The number of amides is 4. The molecular weight excluding hydrogens is 697 g/mol. The second kappa shape index (κ2) is 20.1. The second-order valence-corrected chi connectivity index (χ2v) is 16.0. The van der Waals surface area contributed by atoms with E-state index in [4.69, 9.17) is 9.47 Å². The Balaban J connectivity index is 1.47. The average Bonchev–Trinajstić information content (AvgIpc) is 3.81. The van der Waals surface area contributed by atoms with Gasteiger partial charge in [0.15, 0.2) is 0 Å². The van der Waals surface area contributed by atoms with Crippen molar-refractivity contribution in [3.05, 3.63) is 104 Å². The van der Waals surface area contributed by atoms with Crippen molar-refractivity contribution >= 4 is 40.7 Å². The van der Waals surface area contributed by atoms with Crippen LogP contribution < -0.4 is 16.0 Å². The summed E-state index contributed by atoms with van der Waals surface area (Å²) in [7, 11) is 1.68. The van der Waals surface area contributed by atoms with Gasteiger partial charge in [-0.3, -0.25) is 9.78 Å². The molecule has 4 amide bonds. The van der Waals surface area contributed by atoms with Crippen LogP contribution >= 0.6 is 22.7 Å². The molecule has 2 aromatic heterocycles. The third-order valence-electron chi connectivity index (χ3n) is 8.12. The Bertz CT molecular complexity index is 1660. The Hall–Kier alpha value is -4.33. The van der Waals surface area contributed by atoms with Crippen LogP contribution in [0.15, 0.2) is 77.8 Å². The van der Waals surface area contributed by atoms with Crippen molar-refractivity contribution < 1.29 is 23.9 Å². The Kier molecular flexibility index (Phi) is 15.6. The van der Waals surface area contributed by atoms with Gasteiger partial charge in [-0.15, -0.1) is 22.7 Å². The van der Waals surface area contributed by atoms with Gasteiger partial charge in [0, 0.05) is 36.6 Å². The quantitative estimate of drug-likeness (QED) is 0.0989. The molecule has 3 N–H and O–H groups in total. The minimum atomic E-state index is -0.950. The van der Waals surface area contributed by atoms with E-state index in [0.717, 1.165) is 26.7 Å². The number of nitrogens with zero attached hydrogens (tertiary/aromatic N) is 3. The van der Waals surface area contributed by atoms with Gasteiger partial charge in [0.25, 0.3) is 0 Å².